The zero-order chi connectivity index (χ0) is 23.6. The summed E-state index contributed by atoms with van der Waals surface area (Å²) in [5.74, 6) is 0.812. The van der Waals surface area contributed by atoms with Gasteiger partial charge < -0.3 is 10.6 Å². The van der Waals surface area contributed by atoms with Gasteiger partial charge in [-0.25, -0.2) is 0 Å². The maximum Gasteiger partial charge on any atom is 0.0424 e. The molecule has 182 valence electrons. The Kier molecular flexibility index (Phi) is 9.79. The standard InChI is InChI=1S/C31H42N2S/c1-3-5-7-24-9-13-27(14-10-24)30-21-29(23-33-22-26-17-19-32-20-18-26)34-31(30)28-15-11-25(12-16-28)8-6-4-2/h9-16,21,26,32-33H,3-8,17-20,22-23H2,1-2H3. The molecule has 1 saturated heterocycles. The Morgan fingerprint density at radius 3 is 2.00 bits per heavy atom. The quantitative estimate of drug-likeness (QED) is 0.279. The van der Waals surface area contributed by atoms with Crippen molar-refractivity contribution in [3.8, 4) is 21.6 Å². The summed E-state index contributed by atoms with van der Waals surface area (Å²) in [5, 5.41) is 7.24. The SMILES string of the molecule is CCCCc1ccc(-c2cc(CNCC3CCNCC3)sc2-c2ccc(CCCC)cc2)cc1. The highest BCUT2D eigenvalue weighted by Crippen LogP contribution is 2.40. The van der Waals surface area contributed by atoms with Crippen molar-refractivity contribution in [3.05, 3.63) is 70.6 Å². The molecule has 2 N–H and O–H groups in total. The Balaban J connectivity index is 1.53. The lowest BCUT2D eigenvalue weighted by atomic mass is 9.98. The van der Waals surface area contributed by atoms with Gasteiger partial charge in [0.25, 0.3) is 0 Å². The maximum absolute atomic E-state index is 3.76. The highest BCUT2D eigenvalue weighted by Gasteiger charge is 2.15. The lowest BCUT2D eigenvalue weighted by molar-refractivity contribution is 0.357. The molecule has 3 heteroatoms. The van der Waals surface area contributed by atoms with Crippen molar-refractivity contribution in [2.45, 2.75) is 71.8 Å². The molecule has 3 aromatic rings. The Morgan fingerprint density at radius 1 is 0.824 bits per heavy atom. The fourth-order valence-corrected chi connectivity index (χ4v) is 6.03. The first-order chi connectivity index (χ1) is 16.8. The normalized spacial score (nSPS) is 14.5. The fourth-order valence-electron chi connectivity index (χ4n) is 4.88. The van der Waals surface area contributed by atoms with Crippen molar-refractivity contribution in [2.75, 3.05) is 19.6 Å². The zero-order valence-electron chi connectivity index (χ0n) is 21.2. The first-order valence-electron chi connectivity index (χ1n) is 13.5. The van der Waals surface area contributed by atoms with Gasteiger partial charge in [0.05, 0.1) is 0 Å². The van der Waals surface area contributed by atoms with Gasteiger partial charge in [-0.2, -0.15) is 0 Å². The third-order valence-electron chi connectivity index (χ3n) is 7.09. The van der Waals surface area contributed by atoms with Crippen LogP contribution >= 0.6 is 11.3 Å². The van der Waals surface area contributed by atoms with Gasteiger partial charge in [0.15, 0.2) is 0 Å². The second-order valence-electron chi connectivity index (χ2n) is 9.88. The molecule has 2 aromatic carbocycles. The number of piperidine rings is 1. The largest absolute Gasteiger partial charge is 0.317 e. The summed E-state index contributed by atoms with van der Waals surface area (Å²) in [6, 6.07) is 21.1. The van der Waals surface area contributed by atoms with Gasteiger partial charge in [0.2, 0.25) is 0 Å². The molecule has 1 aliphatic rings. The van der Waals surface area contributed by atoms with Crippen LogP contribution < -0.4 is 10.6 Å². The Morgan fingerprint density at radius 2 is 1.41 bits per heavy atom. The van der Waals surface area contributed by atoms with Crippen LogP contribution in [0.4, 0.5) is 0 Å². The van der Waals surface area contributed by atoms with Gasteiger partial charge in [-0.05, 0) is 92.4 Å². The molecule has 0 saturated carbocycles. The number of unbranched alkanes of at least 4 members (excludes halogenated alkanes) is 2. The van der Waals surface area contributed by atoms with Gasteiger partial charge in [-0.15, -0.1) is 11.3 Å². The minimum atomic E-state index is 0.812. The van der Waals surface area contributed by atoms with Gasteiger partial charge in [0, 0.05) is 21.9 Å². The highest BCUT2D eigenvalue weighted by molar-refractivity contribution is 7.16. The Hall–Kier alpha value is -1.94. The summed E-state index contributed by atoms with van der Waals surface area (Å²) in [6.07, 6.45) is 9.97. The zero-order valence-corrected chi connectivity index (χ0v) is 22.0. The van der Waals surface area contributed by atoms with Gasteiger partial charge in [0.1, 0.15) is 0 Å². The van der Waals surface area contributed by atoms with Crippen LogP contribution in [0.3, 0.4) is 0 Å². The number of benzene rings is 2. The van der Waals surface area contributed by atoms with Crippen molar-refractivity contribution in [1.29, 1.82) is 0 Å². The minimum Gasteiger partial charge on any atom is -0.317 e. The molecule has 0 aliphatic carbocycles. The fraction of sp³-hybridized carbons (Fsp3) is 0.484. The molecule has 0 radical (unpaired) electrons. The summed E-state index contributed by atoms with van der Waals surface area (Å²) in [5.41, 5.74) is 6.97. The minimum absolute atomic E-state index is 0.812. The van der Waals surface area contributed by atoms with Crippen LogP contribution in [0.2, 0.25) is 0 Å². The third kappa shape index (κ3) is 7.04. The van der Waals surface area contributed by atoms with Crippen LogP contribution in [-0.2, 0) is 19.4 Å². The van der Waals surface area contributed by atoms with E-state index in [0.29, 0.717) is 0 Å². The smallest absolute Gasteiger partial charge is 0.0424 e. The Labute approximate surface area is 211 Å². The van der Waals surface area contributed by atoms with Crippen LogP contribution in [0.15, 0.2) is 54.6 Å². The number of nitrogens with one attached hydrogen (secondary N) is 2. The molecule has 34 heavy (non-hydrogen) atoms. The van der Waals surface area contributed by atoms with Crippen molar-refractivity contribution < 1.29 is 0 Å². The topological polar surface area (TPSA) is 24.1 Å². The van der Waals surface area contributed by atoms with E-state index in [4.69, 9.17) is 0 Å². The lowest BCUT2D eigenvalue weighted by Crippen LogP contribution is -2.33. The Bertz CT molecular complexity index is 912. The maximum atomic E-state index is 3.76. The third-order valence-corrected chi connectivity index (χ3v) is 8.28. The summed E-state index contributed by atoms with van der Waals surface area (Å²) in [7, 11) is 0. The van der Waals surface area contributed by atoms with E-state index in [9.17, 15) is 0 Å². The van der Waals surface area contributed by atoms with E-state index in [1.807, 2.05) is 11.3 Å². The van der Waals surface area contributed by atoms with E-state index >= 15 is 0 Å². The summed E-state index contributed by atoms with van der Waals surface area (Å²) in [6.45, 7) is 8.96. The summed E-state index contributed by atoms with van der Waals surface area (Å²) < 4.78 is 0. The second-order valence-corrected chi connectivity index (χ2v) is 11.0. The molecule has 0 amide bonds. The van der Waals surface area contributed by atoms with E-state index in [1.54, 1.807) is 0 Å². The van der Waals surface area contributed by atoms with Crippen molar-refractivity contribution in [3.63, 3.8) is 0 Å². The number of rotatable bonds is 12. The van der Waals surface area contributed by atoms with Crippen molar-refractivity contribution in [2.24, 2.45) is 5.92 Å². The first kappa shape index (κ1) is 25.2. The molecule has 2 nitrogen and oxygen atoms in total. The molecule has 0 bridgehead atoms. The van der Waals surface area contributed by atoms with Crippen molar-refractivity contribution in [1.82, 2.24) is 10.6 Å². The van der Waals surface area contributed by atoms with Crippen LogP contribution in [0.1, 0.15) is 68.4 Å². The monoisotopic (exact) mass is 474 g/mol. The van der Waals surface area contributed by atoms with E-state index in [-0.39, 0.29) is 0 Å². The number of hydrogen-bond acceptors (Lipinski definition) is 3. The average molecular weight is 475 g/mol. The number of aryl methyl sites for hydroxylation is 2. The predicted octanol–water partition coefficient (Wildman–Crippen LogP) is 7.86. The predicted molar refractivity (Wildman–Crippen MR) is 150 cm³/mol. The molecular formula is C31H42N2S. The molecule has 0 atom stereocenters. The average Bonchev–Trinajstić information content (AvgIpc) is 3.31. The molecule has 0 spiro atoms. The lowest BCUT2D eigenvalue weighted by Gasteiger charge is -2.22. The van der Waals surface area contributed by atoms with E-state index in [1.165, 1.54) is 102 Å². The first-order valence-corrected chi connectivity index (χ1v) is 14.3. The van der Waals surface area contributed by atoms with Gasteiger partial charge in [-0.3, -0.25) is 0 Å². The molecular weight excluding hydrogens is 432 g/mol. The van der Waals surface area contributed by atoms with E-state index in [0.717, 1.165) is 19.0 Å². The molecule has 1 aromatic heterocycles. The van der Waals surface area contributed by atoms with Gasteiger partial charge in [-0.1, -0.05) is 75.2 Å². The van der Waals surface area contributed by atoms with Crippen LogP contribution in [0.25, 0.3) is 21.6 Å². The molecule has 2 heterocycles. The van der Waals surface area contributed by atoms with Crippen LogP contribution in [0.5, 0.6) is 0 Å². The summed E-state index contributed by atoms with van der Waals surface area (Å²) in [4.78, 5) is 2.84. The van der Waals surface area contributed by atoms with E-state index in [2.05, 4.69) is 79.1 Å². The molecule has 4 rings (SSSR count). The second kappa shape index (κ2) is 13.2. The van der Waals surface area contributed by atoms with Crippen LogP contribution in [0, 0.1) is 5.92 Å². The molecule has 1 aliphatic heterocycles. The molecule has 0 unspecified atom stereocenters. The van der Waals surface area contributed by atoms with E-state index < -0.39 is 0 Å². The number of thiophene rings is 1. The highest BCUT2D eigenvalue weighted by atomic mass is 32.1. The number of hydrogen-bond donors (Lipinski definition) is 2. The summed E-state index contributed by atoms with van der Waals surface area (Å²) >= 11 is 1.96. The van der Waals surface area contributed by atoms with Gasteiger partial charge >= 0.3 is 0 Å². The molecule has 1 fully saturated rings. The van der Waals surface area contributed by atoms with Crippen molar-refractivity contribution >= 4 is 11.3 Å². The van der Waals surface area contributed by atoms with Crippen LogP contribution in [-0.4, -0.2) is 19.6 Å².